The molecule has 0 aliphatic heterocycles. The van der Waals surface area contributed by atoms with Gasteiger partial charge in [-0.1, -0.05) is 12.1 Å². The van der Waals surface area contributed by atoms with Crippen LogP contribution in [0.1, 0.15) is 26.4 Å². The zero-order chi connectivity index (χ0) is 21.0. The van der Waals surface area contributed by atoms with Crippen LogP contribution in [0.3, 0.4) is 0 Å². The van der Waals surface area contributed by atoms with Crippen molar-refractivity contribution in [1.82, 2.24) is 0 Å². The van der Waals surface area contributed by atoms with Gasteiger partial charge < -0.3 is 14.8 Å². The van der Waals surface area contributed by atoms with Crippen LogP contribution in [0.15, 0.2) is 47.8 Å². The van der Waals surface area contributed by atoms with Crippen LogP contribution in [-0.2, 0) is 6.61 Å². The van der Waals surface area contributed by atoms with E-state index in [9.17, 15) is 14.9 Å². The smallest absolute Gasteiger partial charge is 0.273 e. The van der Waals surface area contributed by atoms with Crippen molar-refractivity contribution >= 4 is 28.6 Å². The van der Waals surface area contributed by atoms with Gasteiger partial charge in [0.1, 0.15) is 18.1 Å². The lowest BCUT2D eigenvalue weighted by atomic mass is 10.1. The number of anilines is 1. The van der Waals surface area contributed by atoms with E-state index in [4.69, 9.17) is 9.47 Å². The first-order valence-corrected chi connectivity index (χ1v) is 9.66. The Bertz CT molecular complexity index is 1060. The number of nitrogens with zero attached hydrogens (tertiary/aromatic N) is 1. The summed E-state index contributed by atoms with van der Waals surface area (Å²) in [5, 5.41) is 15.5. The van der Waals surface area contributed by atoms with Gasteiger partial charge in [0.05, 0.1) is 28.7 Å². The molecule has 0 aliphatic rings. The SMILES string of the molecule is COc1cc([N+](=O)[O-])ccc1NC(=O)c1cc(COc2cc(C)ccc2C)cs1. The molecule has 0 fully saturated rings. The van der Waals surface area contributed by atoms with Gasteiger partial charge in [-0.3, -0.25) is 14.9 Å². The topological polar surface area (TPSA) is 90.7 Å². The number of carbonyl (C=O) groups excluding carboxylic acids is 1. The third kappa shape index (κ3) is 4.91. The Kier molecular flexibility index (Phi) is 6.13. The molecule has 1 heterocycles. The zero-order valence-corrected chi connectivity index (χ0v) is 17.0. The maximum absolute atomic E-state index is 12.6. The van der Waals surface area contributed by atoms with E-state index in [1.165, 1.54) is 36.6 Å². The van der Waals surface area contributed by atoms with E-state index in [-0.39, 0.29) is 17.3 Å². The molecule has 0 radical (unpaired) electrons. The lowest BCUT2D eigenvalue weighted by molar-refractivity contribution is -0.384. The fourth-order valence-electron chi connectivity index (χ4n) is 2.67. The van der Waals surface area contributed by atoms with Crippen molar-refractivity contribution in [2.75, 3.05) is 12.4 Å². The molecule has 1 amide bonds. The number of hydrogen-bond acceptors (Lipinski definition) is 6. The van der Waals surface area contributed by atoms with Gasteiger partial charge >= 0.3 is 0 Å². The summed E-state index contributed by atoms with van der Waals surface area (Å²) >= 11 is 1.30. The van der Waals surface area contributed by atoms with Crippen molar-refractivity contribution < 1.29 is 19.2 Å². The van der Waals surface area contributed by atoms with Crippen molar-refractivity contribution in [3.8, 4) is 11.5 Å². The Hall–Kier alpha value is -3.39. The predicted octanol–water partition coefficient (Wildman–Crippen LogP) is 5.11. The first-order chi connectivity index (χ1) is 13.9. The number of aryl methyl sites for hydroxylation is 2. The van der Waals surface area contributed by atoms with Gasteiger partial charge in [0.25, 0.3) is 11.6 Å². The third-order valence-electron chi connectivity index (χ3n) is 4.26. The number of ether oxygens (including phenoxy) is 2. The molecule has 0 bridgehead atoms. The Labute approximate surface area is 172 Å². The maximum atomic E-state index is 12.6. The Morgan fingerprint density at radius 1 is 1.14 bits per heavy atom. The van der Waals surface area contributed by atoms with Gasteiger partial charge in [0, 0.05) is 11.6 Å². The van der Waals surface area contributed by atoms with Crippen molar-refractivity contribution in [3.63, 3.8) is 0 Å². The third-order valence-corrected chi connectivity index (χ3v) is 5.24. The first kappa shape index (κ1) is 20.3. The number of nitrogens with one attached hydrogen (secondary N) is 1. The number of non-ortho nitro benzene ring substituents is 1. The summed E-state index contributed by atoms with van der Waals surface area (Å²) < 4.78 is 11.0. The average Bonchev–Trinajstić information content (AvgIpc) is 3.18. The Morgan fingerprint density at radius 3 is 2.66 bits per heavy atom. The summed E-state index contributed by atoms with van der Waals surface area (Å²) in [6.07, 6.45) is 0. The molecule has 0 unspecified atom stereocenters. The van der Waals surface area contributed by atoms with Crippen LogP contribution in [-0.4, -0.2) is 17.9 Å². The predicted molar refractivity (Wildman–Crippen MR) is 112 cm³/mol. The van der Waals surface area contributed by atoms with Crippen LogP contribution < -0.4 is 14.8 Å². The highest BCUT2D eigenvalue weighted by Gasteiger charge is 2.16. The number of nitro benzene ring substituents is 1. The Morgan fingerprint density at radius 2 is 1.93 bits per heavy atom. The lowest BCUT2D eigenvalue weighted by Gasteiger charge is -2.09. The average molecular weight is 412 g/mol. The summed E-state index contributed by atoms with van der Waals surface area (Å²) in [5.41, 5.74) is 3.31. The number of rotatable bonds is 7. The molecule has 2 aromatic carbocycles. The molecule has 3 aromatic rings. The van der Waals surface area contributed by atoms with Crippen molar-refractivity contribution in [3.05, 3.63) is 79.5 Å². The summed E-state index contributed by atoms with van der Waals surface area (Å²) in [6.45, 7) is 4.35. The zero-order valence-electron chi connectivity index (χ0n) is 16.2. The van der Waals surface area contributed by atoms with E-state index >= 15 is 0 Å². The van der Waals surface area contributed by atoms with Gasteiger partial charge in [-0.15, -0.1) is 11.3 Å². The largest absolute Gasteiger partial charge is 0.494 e. The normalized spacial score (nSPS) is 10.4. The van der Waals surface area contributed by atoms with Crippen LogP contribution in [0, 0.1) is 24.0 Å². The van der Waals surface area contributed by atoms with Gasteiger partial charge in [-0.25, -0.2) is 0 Å². The minimum absolute atomic E-state index is 0.109. The van der Waals surface area contributed by atoms with Gasteiger partial charge in [-0.05, 0) is 48.6 Å². The molecular weight excluding hydrogens is 392 g/mol. The van der Waals surface area contributed by atoms with E-state index in [1.54, 1.807) is 6.07 Å². The molecule has 7 nitrogen and oxygen atoms in total. The molecule has 8 heteroatoms. The molecule has 150 valence electrons. The van der Waals surface area contributed by atoms with Crippen LogP contribution in [0.5, 0.6) is 11.5 Å². The molecular formula is C21H20N2O5S. The highest BCUT2D eigenvalue weighted by molar-refractivity contribution is 7.12. The number of thiophene rings is 1. The molecule has 0 spiro atoms. The van der Waals surface area contributed by atoms with Crippen LogP contribution in [0.4, 0.5) is 11.4 Å². The van der Waals surface area contributed by atoms with Crippen molar-refractivity contribution in [2.24, 2.45) is 0 Å². The minimum atomic E-state index is -0.518. The van der Waals surface area contributed by atoms with E-state index in [1.807, 2.05) is 37.4 Å². The lowest BCUT2D eigenvalue weighted by Crippen LogP contribution is -2.11. The van der Waals surface area contributed by atoms with Crippen molar-refractivity contribution in [1.29, 1.82) is 0 Å². The standard InChI is InChI=1S/C21H20N2O5S/c1-13-4-5-14(2)18(8-13)28-11-15-9-20(29-12-15)21(24)22-17-7-6-16(23(25)26)10-19(17)27-3/h4-10,12H,11H2,1-3H3,(H,22,24). The van der Waals surface area contributed by atoms with E-state index in [0.29, 0.717) is 17.2 Å². The number of carbonyl (C=O) groups is 1. The fourth-order valence-corrected chi connectivity index (χ4v) is 3.47. The highest BCUT2D eigenvalue weighted by Crippen LogP contribution is 2.30. The summed E-state index contributed by atoms with van der Waals surface area (Å²) in [4.78, 5) is 23.4. The second kappa shape index (κ2) is 8.74. The summed E-state index contributed by atoms with van der Waals surface area (Å²) in [6, 6.07) is 11.8. The van der Waals surface area contributed by atoms with Gasteiger partial charge in [-0.2, -0.15) is 0 Å². The Balaban J connectivity index is 1.68. The number of methoxy groups -OCH3 is 1. The van der Waals surface area contributed by atoms with E-state index < -0.39 is 4.92 Å². The van der Waals surface area contributed by atoms with Crippen LogP contribution >= 0.6 is 11.3 Å². The molecule has 29 heavy (non-hydrogen) atoms. The first-order valence-electron chi connectivity index (χ1n) is 8.78. The minimum Gasteiger partial charge on any atom is -0.494 e. The summed E-state index contributed by atoms with van der Waals surface area (Å²) in [7, 11) is 1.39. The number of hydrogen-bond donors (Lipinski definition) is 1. The number of nitro groups is 1. The molecule has 1 N–H and O–H groups in total. The number of amides is 1. The number of benzene rings is 2. The molecule has 3 rings (SSSR count). The molecule has 1 aromatic heterocycles. The molecule has 0 aliphatic carbocycles. The van der Waals surface area contributed by atoms with Crippen LogP contribution in [0.2, 0.25) is 0 Å². The monoisotopic (exact) mass is 412 g/mol. The van der Waals surface area contributed by atoms with E-state index in [0.717, 1.165) is 22.4 Å². The second-order valence-corrected chi connectivity index (χ2v) is 7.38. The van der Waals surface area contributed by atoms with Gasteiger partial charge in [0.2, 0.25) is 0 Å². The molecule has 0 saturated carbocycles. The van der Waals surface area contributed by atoms with Crippen LogP contribution in [0.25, 0.3) is 0 Å². The molecule has 0 saturated heterocycles. The van der Waals surface area contributed by atoms with Crippen molar-refractivity contribution in [2.45, 2.75) is 20.5 Å². The van der Waals surface area contributed by atoms with E-state index in [2.05, 4.69) is 5.32 Å². The summed E-state index contributed by atoms with van der Waals surface area (Å²) in [5.74, 6) is 0.723. The highest BCUT2D eigenvalue weighted by atomic mass is 32.1. The van der Waals surface area contributed by atoms with Gasteiger partial charge in [0.15, 0.2) is 0 Å². The quantitative estimate of drug-likeness (QED) is 0.430. The maximum Gasteiger partial charge on any atom is 0.273 e. The second-order valence-electron chi connectivity index (χ2n) is 6.47. The fraction of sp³-hybridized carbons (Fsp3) is 0.190. The molecule has 0 atom stereocenters.